The van der Waals surface area contributed by atoms with Crippen LogP contribution in [0.2, 0.25) is 0 Å². The second-order valence-electron chi connectivity index (χ2n) is 5.77. The van der Waals surface area contributed by atoms with Crippen molar-refractivity contribution in [2.24, 2.45) is 5.92 Å². The van der Waals surface area contributed by atoms with Crippen LogP contribution in [-0.2, 0) is 6.18 Å². The van der Waals surface area contributed by atoms with Crippen molar-refractivity contribution >= 4 is 0 Å². The van der Waals surface area contributed by atoms with Gasteiger partial charge < -0.3 is 5.32 Å². The van der Waals surface area contributed by atoms with Crippen LogP contribution < -0.4 is 5.32 Å². The van der Waals surface area contributed by atoms with Crippen LogP contribution in [0.1, 0.15) is 30.0 Å². The Bertz CT molecular complexity index is 505. The third-order valence-electron chi connectivity index (χ3n) is 4.27. The topological polar surface area (TPSA) is 15.3 Å². The van der Waals surface area contributed by atoms with Crippen molar-refractivity contribution in [3.05, 3.63) is 35.1 Å². The maximum absolute atomic E-state index is 14.2. The Kier molecular flexibility index (Phi) is 3.92. The third kappa shape index (κ3) is 3.06. The zero-order valence-corrected chi connectivity index (χ0v) is 11.6. The largest absolute Gasteiger partial charge is 0.416 e. The lowest BCUT2D eigenvalue weighted by molar-refractivity contribution is -0.139. The summed E-state index contributed by atoms with van der Waals surface area (Å²) >= 11 is 0. The van der Waals surface area contributed by atoms with Crippen LogP contribution in [0.5, 0.6) is 0 Å². The standard InChI is InChI=1S/C15H18F4N2/c16-12-3-1-2-11(15(17,18)19)13(12)14(10-4-5-10)21-8-6-20-7-9-21/h1-3,10,14,20H,4-9H2/t14-/m1/s1. The first kappa shape index (κ1) is 14.8. The molecule has 1 aromatic rings. The molecule has 3 rings (SSSR count). The Labute approximate surface area is 121 Å². The van der Waals surface area contributed by atoms with E-state index in [9.17, 15) is 17.6 Å². The van der Waals surface area contributed by atoms with Crippen molar-refractivity contribution in [2.45, 2.75) is 25.1 Å². The maximum atomic E-state index is 14.2. The fraction of sp³-hybridized carbons (Fsp3) is 0.600. The minimum absolute atomic E-state index is 0.140. The highest BCUT2D eigenvalue weighted by molar-refractivity contribution is 5.35. The molecule has 0 amide bonds. The van der Waals surface area contributed by atoms with Gasteiger partial charge in [0.05, 0.1) is 5.56 Å². The first-order chi connectivity index (χ1) is 9.98. The molecule has 21 heavy (non-hydrogen) atoms. The second kappa shape index (κ2) is 5.57. The van der Waals surface area contributed by atoms with E-state index in [4.69, 9.17) is 0 Å². The maximum Gasteiger partial charge on any atom is 0.416 e. The van der Waals surface area contributed by atoms with Gasteiger partial charge in [-0.2, -0.15) is 13.2 Å². The SMILES string of the molecule is Fc1cccc(C(F)(F)F)c1[C@@H](C1CC1)N1CCNCC1. The molecule has 1 aromatic carbocycles. The summed E-state index contributed by atoms with van der Waals surface area (Å²) in [5.74, 6) is -0.596. The summed E-state index contributed by atoms with van der Waals surface area (Å²) < 4.78 is 54.0. The van der Waals surface area contributed by atoms with E-state index in [0.717, 1.165) is 44.1 Å². The lowest BCUT2D eigenvalue weighted by Gasteiger charge is -2.36. The normalized spacial score (nSPS) is 22.3. The van der Waals surface area contributed by atoms with Gasteiger partial charge in [-0.05, 0) is 30.9 Å². The molecule has 1 aliphatic heterocycles. The van der Waals surface area contributed by atoms with Gasteiger partial charge in [0.1, 0.15) is 5.82 Å². The van der Waals surface area contributed by atoms with Crippen LogP contribution in [0.4, 0.5) is 17.6 Å². The summed E-state index contributed by atoms with van der Waals surface area (Å²) in [6.45, 7) is 2.79. The van der Waals surface area contributed by atoms with E-state index in [1.165, 1.54) is 0 Å². The molecule has 0 spiro atoms. The molecule has 116 valence electrons. The highest BCUT2D eigenvalue weighted by atomic mass is 19.4. The molecule has 2 nitrogen and oxygen atoms in total. The lowest BCUT2D eigenvalue weighted by atomic mass is 9.94. The van der Waals surface area contributed by atoms with Crippen LogP contribution >= 0.6 is 0 Å². The average Bonchev–Trinajstić information content (AvgIpc) is 3.25. The molecule has 0 aromatic heterocycles. The molecule has 2 fully saturated rings. The van der Waals surface area contributed by atoms with E-state index in [1.54, 1.807) is 0 Å². The van der Waals surface area contributed by atoms with Gasteiger partial charge in [0.25, 0.3) is 0 Å². The zero-order valence-electron chi connectivity index (χ0n) is 11.6. The van der Waals surface area contributed by atoms with Crippen molar-refractivity contribution in [1.82, 2.24) is 10.2 Å². The molecule has 1 heterocycles. The zero-order chi connectivity index (χ0) is 15.0. The molecule has 1 saturated carbocycles. The van der Waals surface area contributed by atoms with Crippen LogP contribution in [-0.4, -0.2) is 31.1 Å². The molecule has 1 atom stereocenters. The van der Waals surface area contributed by atoms with Crippen molar-refractivity contribution in [1.29, 1.82) is 0 Å². The van der Waals surface area contributed by atoms with Crippen molar-refractivity contribution in [2.75, 3.05) is 26.2 Å². The van der Waals surface area contributed by atoms with Crippen LogP contribution in [0.15, 0.2) is 18.2 Å². The number of piperazine rings is 1. The van der Waals surface area contributed by atoms with Crippen LogP contribution in [0.25, 0.3) is 0 Å². The highest BCUT2D eigenvalue weighted by Crippen LogP contribution is 2.48. The molecule has 0 unspecified atom stereocenters. The molecule has 0 radical (unpaired) electrons. The second-order valence-corrected chi connectivity index (χ2v) is 5.77. The summed E-state index contributed by atoms with van der Waals surface area (Å²) in [6.07, 6.45) is -2.76. The molecule has 0 bridgehead atoms. The van der Waals surface area contributed by atoms with Crippen molar-refractivity contribution in [3.8, 4) is 0 Å². The Balaban J connectivity index is 2.02. The fourth-order valence-corrected chi connectivity index (χ4v) is 3.17. The highest BCUT2D eigenvalue weighted by Gasteiger charge is 2.44. The minimum Gasteiger partial charge on any atom is -0.314 e. The Hall–Kier alpha value is -1.14. The molecule has 2 aliphatic rings. The predicted octanol–water partition coefficient (Wildman–Crippen LogP) is 3.20. The van der Waals surface area contributed by atoms with Crippen LogP contribution in [0, 0.1) is 11.7 Å². The Morgan fingerprint density at radius 1 is 1.14 bits per heavy atom. The van der Waals surface area contributed by atoms with E-state index >= 15 is 0 Å². The number of hydrogen-bond donors (Lipinski definition) is 1. The fourth-order valence-electron chi connectivity index (χ4n) is 3.17. The summed E-state index contributed by atoms with van der Waals surface area (Å²) in [6, 6.07) is 2.83. The van der Waals surface area contributed by atoms with Gasteiger partial charge in [-0.1, -0.05) is 6.07 Å². The van der Waals surface area contributed by atoms with Crippen LogP contribution in [0.3, 0.4) is 0 Å². The molecule has 1 N–H and O–H groups in total. The molecule has 6 heteroatoms. The van der Waals surface area contributed by atoms with Crippen molar-refractivity contribution in [3.63, 3.8) is 0 Å². The molecule has 1 saturated heterocycles. The van der Waals surface area contributed by atoms with E-state index in [0.29, 0.717) is 13.1 Å². The first-order valence-corrected chi connectivity index (χ1v) is 7.29. The van der Waals surface area contributed by atoms with E-state index < -0.39 is 23.6 Å². The number of nitrogens with one attached hydrogen (secondary N) is 1. The number of hydrogen-bond acceptors (Lipinski definition) is 2. The predicted molar refractivity (Wildman–Crippen MR) is 71.3 cm³/mol. The first-order valence-electron chi connectivity index (χ1n) is 7.29. The summed E-state index contributed by atoms with van der Waals surface area (Å²) in [7, 11) is 0. The molecule has 1 aliphatic carbocycles. The molecular formula is C15H18F4N2. The number of rotatable bonds is 3. The van der Waals surface area contributed by atoms with Gasteiger partial charge in [0, 0.05) is 37.8 Å². The lowest BCUT2D eigenvalue weighted by Crippen LogP contribution is -2.46. The van der Waals surface area contributed by atoms with E-state index in [2.05, 4.69) is 5.32 Å². The van der Waals surface area contributed by atoms with Gasteiger partial charge in [-0.25, -0.2) is 4.39 Å². The third-order valence-corrected chi connectivity index (χ3v) is 4.27. The van der Waals surface area contributed by atoms with Gasteiger partial charge in [0.15, 0.2) is 0 Å². The molecular weight excluding hydrogens is 284 g/mol. The number of benzene rings is 1. The smallest absolute Gasteiger partial charge is 0.314 e. The summed E-state index contributed by atoms with van der Waals surface area (Å²) in [4.78, 5) is 2.00. The average molecular weight is 302 g/mol. The quantitative estimate of drug-likeness (QED) is 0.863. The van der Waals surface area contributed by atoms with E-state index in [-0.39, 0.29) is 11.5 Å². The monoisotopic (exact) mass is 302 g/mol. The number of halogens is 4. The Morgan fingerprint density at radius 2 is 1.81 bits per heavy atom. The van der Waals surface area contributed by atoms with Gasteiger partial charge in [-0.3, -0.25) is 4.90 Å². The minimum atomic E-state index is -4.52. The Morgan fingerprint density at radius 3 is 2.38 bits per heavy atom. The van der Waals surface area contributed by atoms with E-state index in [1.807, 2.05) is 4.90 Å². The van der Waals surface area contributed by atoms with Crippen molar-refractivity contribution < 1.29 is 17.6 Å². The summed E-state index contributed by atoms with van der Waals surface area (Å²) in [5.41, 5.74) is -0.979. The number of alkyl halides is 3. The van der Waals surface area contributed by atoms with Gasteiger partial charge in [0.2, 0.25) is 0 Å². The number of nitrogens with zero attached hydrogens (tertiary/aromatic N) is 1. The van der Waals surface area contributed by atoms with Gasteiger partial charge in [-0.15, -0.1) is 0 Å². The van der Waals surface area contributed by atoms with Gasteiger partial charge >= 0.3 is 6.18 Å². The summed E-state index contributed by atoms with van der Waals surface area (Å²) in [5, 5.41) is 3.18.